The minimum Gasteiger partial charge on any atom is -0.497 e. The molecule has 126 valence electrons. The van der Waals surface area contributed by atoms with Crippen LogP contribution in [0.15, 0.2) is 29.2 Å². The van der Waals surface area contributed by atoms with Crippen molar-refractivity contribution in [2.45, 2.75) is 41.7 Å². The lowest BCUT2D eigenvalue weighted by atomic mass is 9.89. The topological polar surface area (TPSA) is 114 Å². The van der Waals surface area contributed by atoms with Gasteiger partial charge in [-0.25, -0.2) is 16.8 Å². The Bertz CT molecular complexity index is 809. The van der Waals surface area contributed by atoms with Crippen LogP contribution in [0.5, 0.6) is 5.75 Å². The standard InChI is InChI=1S/C14H18N2O5S2/c1-21-11-6-5-7-12(10-11)23(19,20)13(16-15)14(22(17)18)8-3-2-4-9-14/h5-7,10,22H,2-4,8-9H2,1H3. The number of hydrogen-bond acceptors (Lipinski definition) is 5. The number of thiol groups is 1. The summed E-state index contributed by atoms with van der Waals surface area (Å²) in [5.74, 6) is 0.313. The summed E-state index contributed by atoms with van der Waals surface area (Å²) in [4.78, 5) is 2.75. The third-order valence-electron chi connectivity index (χ3n) is 4.13. The summed E-state index contributed by atoms with van der Waals surface area (Å²) in [6, 6.07) is 5.64. The van der Waals surface area contributed by atoms with Crippen molar-refractivity contribution in [1.82, 2.24) is 0 Å². The molecule has 23 heavy (non-hydrogen) atoms. The van der Waals surface area contributed by atoms with Crippen molar-refractivity contribution in [2.75, 3.05) is 7.11 Å². The number of nitrogens with zero attached hydrogens (tertiary/aromatic N) is 2. The molecule has 0 aliphatic heterocycles. The van der Waals surface area contributed by atoms with Crippen molar-refractivity contribution in [3.05, 3.63) is 29.8 Å². The Morgan fingerprint density at radius 2 is 1.91 bits per heavy atom. The summed E-state index contributed by atoms with van der Waals surface area (Å²) in [7, 11) is -5.97. The quantitative estimate of drug-likeness (QED) is 0.287. The van der Waals surface area contributed by atoms with Gasteiger partial charge < -0.3 is 10.3 Å². The second kappa shape index (κ2) is 6.82. The number of rotatable bonds is 4. The fraction of sp³-hybridized carbons (Fsp3) is 0.500. The van der Waals surface area contributed by atoms with Crippen LogP contribution >= 0.6 is 0 Å². The van der Waals surface area contributed by atoms with Crippen molar-refractivity contribution in [2.24, 2.45) is 0 Å². The second-order valence-electron chi connectivity index (χ2n) is 5.44. The first-order valence-electron chi connectivity index (χ1n) is 7.14. The zero-order chi connectivity index (χ0) is 17.1. The van der Waals surface area contributed by atoms with Gasteiger partial charge in [0.1, 0.15) is 5.75 Å². The molecule has 0 atom stereocenters. The van der Waals surface area contributed by atoms with E-state index in [1.165, 1.54) is 25.3 Å². The van der Waals surface area contributed by atoms with Gasteiger partial charge in [0.2, 0.25) is 0 Å². The molecule has 0 unspecified atom stereocenters. The van der Waals surface area contributed by atoms with E-state index in [1.54, 1.807) is 6.07 Å². The molecule has 0 aromatic heterocycles. The van der Waals surface area contributed by atoms with Gasteiger partial charge in [-0.05, 0) is 31.0 Å². The first kappa shape index (κ1) is 17.7. The second-order valence-corrected chi connectivity index (χ2v) is 8.67. The smallest absolute Gasteiger partial charge is 0.406 e. The van der Waals surface area contributed by atoms with Crippen molar-refractivity contribution in [3.63, 3.8) is 0 Å². The molecule has 1 aliphatic carbocycles. The molecule has 0 spiro atoms. The lowest BCUT2D eigenvalue weighted by molar-refractivity contribution is -0.00739. The molecule has 9 heteroatoms. The van der Waals surface area contributed by atoms with Gasteiger partial charge in [0.05, 0.1) is 12.0 Å². The van der Waals surface area contributed by atoms with Crippen LogP contribution in [-0.4, -0.2) is 38.5 Å². The molecular weight excluding hydrogens is 340 g/mol. The van der Waals surface area contributed by atoms with Gasteiger partial charge in [-0.15, -0.1) is 0 Å². The van der Waals surface area contributed by atoms with Crippen LogP contribution in [0.2, 0.25) is 0 Å². The van der Waals surface area contributed by atoms with Gasteiger partial charge in [0.25, 0.3) is 9.84 Å². The van der Waals surface area contributed by atoms with Crippen molar-refractivity contribution >= 4 is 25.6 Å². The third kappa shape index (κ3) is 3.17. The fourth-order valence-electron chi connectivity index (χ4n) is 2.89. The molecule has 0 saturated heterocycles. The number of benzene rings is 1. The lowest BCUT2D eigenvalue weighted by Crippen LogP contribution is -2.46. The highest BCUT2D eigenvalue weighted by atomic mass is 32.2. The number of ether oxygens (including phenoxy) is 1. The Kier molecular flexibility index (Phi) is 5.23. The highest BCUT2D eigenvalue weighted by molar-refractivity contribution is 8.07. The maximum absolute atomic E-state index is 12.8. The first-order chi connectivity index (χ1) is 10.9. The average molecular weight is 358 g/mol. The molecule has 0 radical (unpaired) electrons. The Balaban J connectivity index is 2.61. The van der Waals surface area contributed by atoms with E-state index in [0.717, 1.165) is 6.42 Å². The van der Waals surface area contributed by atoms with Crippen molar-refractivity contribution in [1.29, 1.82) is 0 Å². The molecule has 2 rings (SSSR count). The van der Waals surface area contributed by atoms with E-state index in [9.17, 15) is 22.4 Å². The predicted molar refractivity (Wildman–Crippen MR) is 84.9 cm³/mol. The van der Waals surface area contributed by atoms with Gasteiger partial charge >= 0.3 is 5.04 Å². The van der Waals surface area contributed by atoms with Crippen molar-refractivity contribution < 1.29 is 26.4 Å². The summed E-state index contributed by atoms with van der Waals surface area (Å²) in [6.45, 7) is 0. The molecular formula is C14H18N2O5S2. The summed E-state index contributed by atoms with van der Waals surface area (Å²) < 4.78 is 52.7. The van der Waals surface area contributed by atoms with Crippen molar-refractivity contribution in [3.8, 4) is 5.75 Å². The largest absolute Gasteiger partial charge is 0.497 e. The Labute approximate surface area is 136 Å². The van der Waals surface area contributed by atoms with Crippen LogP contribution in [-0.2, 0) is 20.5 Å². The van der Waals surface area contributed by atoms with E-state index < -0.39 is 30.3 Å². The Hall–Kier alpha value is -1.70. The normalized spacial score (nSPS) is 17.5. The minimum atomic E-state index is -4.25. The van der Waals surface area contributed by atoms with Gasteiger partial charge in [-0.3, -0.25) is 0 Å². The molecule has 1 aromatic carbocycles. The van der Waals surface area contributed by atoms with Crippen LogP contribution < -0.4 is 4.74 Å². The zero-order valence-corrected chi connectivity index (χ0v) is 14.3. The molecule has 1 fully saturated rings. The lowest BCUT2D eigenvalue weighted by Gasteiger charge is -2.27. The number of methoxy groups -OCH3 is 1. The highest BCUT2D eigenvalue weighted by Crippen LogP contribution is 2.35. The maximum Gasteiger partial charge on any atom is 0.406 e. The van der Waals surface area contributed by atoms with Crippen LogP contribution in [0.4, 0.5) is 0 Å². The molecule has 0 bridgehead atoms. The molecule has 7 nitrogen and oxygen atoms in total. The zero-order valence-electron chi connectivity index (χ0n) is 12.6. The van der Waals surface area contributed by atoms with Crippen LogP contribution in [0.3, 0.4) is 0 Å². The van der Waals surface area contributed by atoms with Gasteiger partial charge in [-0.1, -0.05) is 25.3 Å². The predicted octanol–water partition coefficient (Wildman–Crippen LogP) is 1.41. The number of sulfone groups is 1. The van der Waals surface area contributed by atoms with E-state index in [0.29, 0.717) is 18.6 Å². The van der Waals surface area contributed by atoms with E-state index in [1.807, 2.05) is 0 Å². The van der Waals surface area contributed by atoms with Crippen LogP contribution in [0.25, 0.3) is 5.53 Å². The van der Waals surface area contributed by atoms with E-state index in [4.69, 9.17) is 4.74 Å². The average Bonchev–Trinajstić information content (AvgIpc) is 2.56. The van der Waals surface area contributed by atoms with Crippen LogP contribution in [0, 0.1) is 0 Å². The first-order valence-corrected chi connectivity index (χ1v) is 9.81. The summed E-state index contributed by atoms with van der Waals surface area (Å²) >= 11 is 0. The Morgan fingerprint density at radius 3 is 2.43 bits per heavy atom. The number of hydrogen-bond donors (Lipinski definition) is 1. The SMILES string of the molecule is COc1cccc(S(=O)(=O)C(=[N+]=[N-])C2([SH](=O)=O)CCCCC2)c1. The molecule has 1 aliphatic rings. The monoisotopic (exact) mass is 358 g/mol. The summed E-state index contributed by atoms with van der Waals surface area (Å²) in [6.07, 6.45) is 2.22. The van der Waals surface area contributed by atoms with Gasteiger partial charge in [-0.2, -0.15) is 4.79 Å². The molecule has 0 N–H and O–H groups in total. The molecule has 0 amide bonds. The Morgan fingerprint density at radius 1 is 1.26 bits per heavy atom. The summed E-state index contributed by atoms with van der Waals surface area (Å²) in [5.41, 5.74) is 9.33. The van der Waals surface area contributed by atoms with E-state index in [-0.39, 0.29) is 17.7 Å². The third-order valence-corrected chi connectivity index (χ3v) is 7.49. The molecule has 1 saturated carbocycles. The fourth-order valence-corrected chi connectivity index (χ4v) is 5.92. The van der Waals surface area contributed by atoms with Gasteiger partial charge in [0.15, 0.2) is 15.5 Å². The minimum absolute atomic E-state index is 0.133. The van der Waals surface area contributed by atoms with Gasteiger partial charge in [0, 0.05) is 0 Å². The maximum atomic E-state index is 12.8. The highest BCUT2D eigenvalue weighted by Gasteiger charge is 2.54. The summed E-state index contributed by atoms with van der Waals surface area (Å²) in [5, 5.41) is -0.700. The van der Waals surface area contributed by atoms with E-state index in [2.05, 4.69) is 4.79 Å². The molecule has 0 heterocycles. The van der Waals surface area contributed by atoms with Crippen LogP contribution in [0.1, 0.15) is 32.1 Å². The molecule has 1 aromatic rings. The van der Waals surface area contributed by atoms with E-state index >= 15 is 0 Å².